The Bertz CT molecular complexity index is 403. The molecule has 1 aliphatic rings. The van der Waals surface area contributed by atoms with E-state index in [4.69, 9.17) is 0 Å². The zero-order valence-electron chi connectivity index (χ0n) is 11.0. The Morgan fingerprint density at radius 2 is 2.17 bits per heavy atom. The summed E-state index contributed by atoms with van der Waals surface area (Å²) in [5.41, 5.74) is 2.15. The zero-order valence-corrected chi connectivity index (χ0v) is 11.8. The monoisotopic (exact) mass is 268 g/mol. The number of piperidine rings is 1. The van der Waals surface area contributed by atoms with Gasteiger partial charge in [0.2, 0.25) is 5.91 Å². The summed E-state index contributed by atoms with van der Waals surface area (Å²) in [4.78, 5) is 14.0. The summed E-state index contributed by atoms with van der Waals surface area (Å²) in [7, 11) is 1.85. The predicted octanol–water partition coefficient (Wildman–Crippen LogP) is 2.52. The molecule has 0 bridgehead atoms. The van der Waals surface area contributed by atoms with Gasteiger partial charge in [0.05, 0.1) is 6.04 Å². The molecule has 0 spiro atoms. The molecular weight excluding hydrogens is 248 g/mol. The summed E-state index contributed by atoms with van der Waals surface area (Å²) in [5.74, 6) is 0.176. The van der Waals surface area contributed by atoms with Gasteiger partial charge in [0.1, 0.15) is 0 Å². The molecule has 18 heavy (non-hydrogen) atoms. The number of nitrogens with one attached hydrogen (secondary N) is 1. The Hall–Kier alpha value is -1.06. The van der Waals surface area contributed by atoms with E-state index in [1.165, 1.54) is 12.0 Å². The van der Waals surface area contributed by atoms with E-state index in [1.54, 1.807) is 4.90 Å². The van der Waals surface area contributed by atoms with Crippen LogP contribution < -0.4 is 10.2 Å². The highest BCUT2D eigenvalue weighted by molar-refractivity contribution is 5.96. The minimum absolute atomic E-state index is 0. The number of likely N-dealkylation sites (N-methyl/N-ethyl adjacent to an activating group) is 1. The van der Waals surface area contributed by atoms with E-state index in [0.29, 0.717) is 0 Å². The molecule has 1 aliphatic heterocycles. The first-order chi connectivity index (χ1) is 8.18. The average molecular weight is 269 g/mol. The molecule has 1 N–H and O–H groups in total. The lowest BCUT2D eigenvalue weighted by Crippen LogP contribution is -2.47. The van der Waals surface area contributed by atoms with Crippen molar-refractivity contribution in [1.29, 1.82) is 0 Å². The Kier molecular flexibility index (Phi) is 5.63. The van der Waals surface area contributed by atoms with Crippen molar-refractivity contribution in [1.82, 2.24) is 5.32 Å². The summed E-state index contributed by atoms with van der Waals surface area (Å²) in [5, 5.41) is 3.29. The van der Waals surface area contributed by atoms with Crippen LogP contribution in [-0.2, 0) is 4.79 Å². The van der Waals surface area contributed by atoms with Crippen molar-refractivity contribution < 1.29 is 4.79 Å². The van der Waals surface area contributed by atoms with Gasteiger partial charge in [-0.15, -0.1) is 12.4 Å². The minimum Gasteiger partial charge on any atom is -0.314 e. The van der Waals surface area contributed by atoms with Crippen LogP contribution in [0.4, 0.5) is 5.69 Å². The SMILES string of the molecule is Cc1cccc(N(C)C(=O)C2CCCCN2)c1.Cl. The fraction of sp³-hybridized carbons (Fsp3) is 0.500. The van der Waals surface area contributed by atoms with Crippen LogP contribution in [0, 0.1) is 6.92 Å². The highest BCUT2D eigenvalue weighted by Crippen LogP contribution is 2.17. The van der Waals surface area contributed by atoms with Crippen molar-refractivity contribution in [3.63, 3.8) is 0 Å². The fourth-order valence-corrected chi connectivity index (χ4v) is 2.26. The Labute approximate surface area is 115 Å². The van der Waals surface area contributed by atoms with E-state index in [-0.39, 0.29) is 24.4 Å². The molecule has 1 heterocycles. The smallest absolute Gasteiger partial charge is 0.243 e. The molecule has 0 aliphatic carbocycles. The van der Waals surface area contributed by atoms with Gasteiger partial charge in [-0.05, 0) is 44.0 Å². The molecular formula is C14H21ClN2O. The number of hydrogen-bond acceptors (Lipinski definition) is 2. The summed E-state index contributed by atoms with van der Waals surface area (Å²) in [6.45, 7) is 3.00. The molecule has 1 atom stereocenters. The number of nitrogens with zero attached hydrogens (tertiary/aromatic N) is 1. The number of benzene rings is 1. The van der Waals surface area contributed by atoms with Crippen LogP contribution in [0.5, 0.6) is 0 Å². The van der Waals surface area contributed by atoms with Crippen LogP contribution in [0.1, 0.15) is 24.8 Å². The maximum atomic E-state index is 12.3. The largest absolute Gasteiger partial charge is 0.314 e. The van der Waals surface area contributed by atoms with Crippen LogP contribution in [0.15, 0.2) is 24.3 Å². The van der Waals surface area contributed by atoms with Crippen LogP contribution in [0.3, 0.4) is 0 Å². The Morgan fingerprint density at radius 1 is 1.39 bits per heavy atom. The standard InChI is InChI=1S/C14H20N2O.ClH/c1-11-6-5-7-12(10-11)16(2)14(17)13-8-3-4-9-15-13;/h5-7,10,13,15H,3-4,8-9H2,1-2H3;1H. The summed E-state index contributed by atoms with van der Waals surface area (Å²) >= 11 is 0. The number of aryl methyl sites for hydroxylation is 1. The van der Waals surface area contributed by atoms with Crippen LogP contribution in [0.25, 0.3) is 0 Å². The number of amides is 1. The molecule has 2 rings (SSSR count). The van der Waals surface area contributed by atoms with E-state index >= 15 is 0 Å². The number of carbonyl (C=O) groups is 1. The second-order valence-corrected chi connectivity index (χ2v) is 4.74. The minimum atomic E-state index is -0.00531. The molecule has 4 heteroatoms. The summed E-state index contributed by atoms with van der Waals surface area (Å²) in [6.07, 6.45) is 3.28. The Balaban J connectivity index is 0.00000162. The maximum absolute atomic E-state index is 12.3. The van der Waals surface area contributed by atoms with Crippen LogP contribution >= 0.6 is 12.4 Å². The topological polar surface area (TPSA) is 32.3 Å². The number of carbonyl (C=O) groups excluding carboxylic acids is 1. The second kappa shape index (κ2) is 6.76. The van der Waals surface area contributed by atoms with Gasteiger partial charge in [-0.25, -0.2) is 0 Å². The molecule has 0 radical (unpaired) electrons. The lowest BCUT2D eigenvalue weighted by atomic mass is 10.0. The van der Waals surface area contributed by atoms with Crippen molar-refractivity contribution >= 4 is 24.0 Å². The van der Waals surface area contributed by atoms with Gasteiger partial charge in [0, 0.05) is 12.7 Å². The maximum Gasteiger partial charge on any atom is 0.243 e. The van der Waals surface area contributed by atoms with Crippen molar-refractivity contribution in [2.45, 2.75) is 32.2 Å². The lowest BCUT2D eigenvalue weighted by molar-refractivity contribution is -0.120. The lowest BCUT2D eigenvalue weighted by Gasteiger charge is -2.27. The van der Waals surface area contributed by atoms with Gasteiger partial charge in [-0.3, -0.25) is 4.79 Å². The van der Waals surface area contributed by atoms with Crippen LogP contribution in [0.2, 0.25) is 0 Å². The predicted molar refractivity (Wildman–Crippen MR) is 77.5 cm³/mol. The second-order valence-electron chi connectivity index (χ2n) is 4.74. The summed E-state index contributed by atoms with van der Waals surface area (Å²) < 4.78 is 0. The van der Waals surface area contributed by atoms with Gasteiger partial charge in [0.25, 0.3) is 0 Å². The molecule has 0 saturated carbocycles. The Morgan fingerprint density at radius 3 is 2.78 bits per heavy atom. The average Bonchev–Trinajstić information content (AvgIpc) is 2.38. The number of hydrogen-bond donors (Lipinski definition) is 1. The molecule has 100 valence electrons. The quantitative estimate of drug-likeness (QED) is 0.894. The van der Waals surface area contributed by atoms with Crippen LogP contribution in [-0.4, -0.2) is 25.5 Å². The summed E-state index contributed by atoms with van der Waals surface area (Å²) in [6, 6.07) is 8.05. The van der Waals surface area contributed by atoms with Crippen molar-refractivity contribution in [3.8, 4) is 0 Å². The fourth-order valence-electron chi connectivity index (χ4n) is 2.26. The van der Waals surface area contributed by atoms with Crippen molar-refractivity contribution in [2.75, 3.05) is 18.5 Å². The first-order valence-electron chi connectivity index (χ1n) is 6.26. The van der Waals surface area contributed by atoms with Gasteiger partial charge >= 0.3 is 0 Å². The molecule has 1 unspecified atom stereocenters. The van der Waals surface area contributed by atoms with Gasteiger partial charge in [-0.1, -0.05) is 18.6 Å². The van der Waals surface area contributed by atoms with E-state index < -0.39 is 0 Å². The first kappa shape index (κ1) is 15.0. The van der Waals surface area contributed by atoms with E-state index in [0.717, 1.165) is 25.1 Å². The molecule has 1 fully saturated rings. The third-order valence-corrected chi connectivity index (χ3v) is 3.33. The third kappa shape index (κ3) is 3.47. The third-order valence-electron chi connectivity index (χ3n) is 3.33. The molecule has 1 aromatic rings. The number of anilines is 1. The molecule has 0 aromatic heterocycles. The molecule has 1 saturated heterocycles. The number of halogens is 1. The van der Waals surface area contributed by atoms with E-state index in [1.807, 2.05) is 38.2 Å². The highest BCUT2D eigenvalue weighted by Gasteiger charge is 2.24. The molecule has 3 nitrogen and oxygen atoms in total. The van der Waals surface area contributed by atoms with Crippen molar-refractivity contribution in [2.24, 2.45) is 0 Å². The zero-order chi connectivity index (χ0) is 12.3. The van der Waals surface area contributed by atoms with Gasteiger partial charge in [-0.2, -0.15) is 0 Å². The van der Waals surface area contributed by atoms with E-state index in [9.17, 15) is 4.79 Å². The van der Waals surface area contributed by atoms with E-state index in [2.05, 4.69) is 5.32 Å². The normalized spacial score (nSPS) is 18.9. The molecule has 1 amide bonds. The highest BCUT2D eigenvalue weighted by atomic mass is 35.5. The van der Waals surface area contributed by atoms with Gasteiger partial charge < -0.3 is 10.2 Å². The van der Waals surface area contributed by atoms with Crippen molar-refractivity contribution in [3.05, 3.63) is 29.8 Å². The molecule has 1 aromatic carbocycles. The first-order valence-corrected chi connectivity index (χ1v) is 6.26. The number of rotatable bonds is 2. The van der Waals surface area contributed by atoms with Gasteiger partial charge in [0.15, 0.2) is 0 Å².